The molecule has 1 aliphatic heterocycles. The van der Waals surface area contributed by atoms with Crippen LogP contribution < -0.4 is 5.32 Å². The van der Waals surface area contributed by atoms with Crippen LogP contribution in [-0.2, 0) is 20.9 Å². The Morgan fingerprint density at radius 1 is 1.32 bits per heavy atom. The molecule has 3 rings (SSSR count). The van der Waals surface area contributed by atoms with Crippen molar-refractivity contribution in [1.82, 2.24) is 15.2 Å². The van der Waals surface area contributed by atoms with Crippen LogP contribution in [0.2, 0.25) is 0 Å². The molecule has 0 unspecified atom stereocenters. The van der Waals surface area contributed by atoms with Gasteiger partial charge in [-0.05, 0) is 12.8 Å². The molecule has 6 nitrogen and oxygen atoms in total. The van der Waals surface area contributed by atoms with Gasteiger partial charge in [-0.15, -0.1) is 11.3 Å². The van der Waals surface area contributed by atoms with E-state index >= 15 is 0 Å². The highest BCUT2D eigenvalue weighted by Gasteiger charge is 2.28. The highest BCUT2D eigenvalue weighted by atomic mass is 32.1. The molecule has 1 atom stereocenters. The minimum Gasteiger partial charge on any atom is -0.369 e. The molecule has 0 bridgehead atoms. The summed E-state index contributed by atoms with van der Waals surface area (Å²) >= 11 is 1.51. The van der Waals surface area contributed by atoms with E-state index in [9.17, 15) is 14.0 Å². The molecule has 2 amide bonds. The molecule has 2 aromatic rings. The van der Waals surface area contributed by atoms with Gasteiger partial charge in [-0.25, -0.2) is 9.37 Å². The Morgan fingerprint density at radius 2 is 2.14 bits per heavy atom. The Bertz CT molecular complexity index is 784. The van der Waals surface area contributed by atoms with Crippen molar-refractivity contribution in [3.63, 3.8) is 0 Å². The molecular weight excluding hydrogens is 381 g/mol. The number of carbonyl (C=O) groups excluding carboxylic acids is 2. The number of thiazole rings is 1. The van der Waals surface area contributed by atoms with Crippen LogP contribution in [0.5, 0.6) is 0 Å². The Morgan fingerprint density at radius 3 is 2.93 bits per heavy atom. The zero-order valence-electron chi connectivity index (χ0n) is 15.6. The fourth-order valence-corrected chi connectivity index (χ4v) is 3.91. The van der Waals surface area contributed by atoms with Gasteiger partial charge in [0, 0.05) is 24.0 Å². The van der Waals surface area contributed by atoms with Gasteiger partial charge in [0.25, 0.3) is 0 Å². The van der Waals surface area contributed by atoms with Gasteiger partial charge in [0.1, 0.15) is 18.3 Å². The number of hydrogen-bond acceptors (Lipinski definition) is 5. The topological polar surface area (TPSA) is 71.5 Å². The lowest BCUT2D eigenvalue weighted by molar-refractivity contribution is -0.139. The number of ether oxygens (including phenoxy) is 1. The van der Waals surface area contributed by atoms with Gasteiger partial charge in [0.15, 0.2) is 0 Å². The van der Waals surface area contributed by atoms with Gasteiger partial charge >= 0.3 is 0 Å². The summed E-state index contributed by atoms with van der Waals surface area (Å²) in [4.78, 5) is 30.8. The van der Waals surface area contributed by atoms with Crippen LogP contribution in [0.25, 0.3) is 11.3 Å². The summed E-state index contributed by atoms with van der Waals surface area (Å²) in [7, 11) is 0. The third-order valence-electron chi connectivity index (χ3n) is 4.63. The van der Waals surface area contributed by atoms with Gasteiger partial charge in [0.2, 0.25) is 11.8 Å². The number of nitrogens with zero attached hydrogens (tertiary/aromatic N) is 2. The standard InChI is InChI=1S/C20H24FN3O3S/c21-8-10-27-13-19(25)24-9-4-7-16(12-24)20(26)22-11-18-23-17(14-28-18)15-5-2-1-3-6-15/h1-3,5-6,14,16H,4,7-13H2,(H,22,26)/t16-/m0/s1. The molecule has 1 N–H and O–H groups in total. The smallest absolute Gasteiger partial charge is 0.248 e. The summed E-state index contributed by atoms with van der Waals surface area (Å²) in [6, 6.07) is 9.90. The van der Waals surface area contributed by atoms with Gasteiger partial charge in [-0.3, -0.25) is 9.59 Å². The normalized spacial score (nSPS) is 16.8. The first-order valence-corrected chi connectivity index (χ1v) is 10.2. The van der Waals surface area contributed by atoms with Gasteiger partial charge in [-0.1, -0.05) is 30.3 Å². The molecule has 0 spiro atoms. The number of piperidine rings is 1. The molecular formula is C20H24FN3O3S. The number of benzene rings is 1. The predicted octanol–water partition coefficient (Wildman–Crippen LogP) is 2.65. The van der Waals surface area contributed by atoms with Crippen molar-refractivity contribution in [1.29, 1.82) is 0 Å². The summed E-state index contributed by atoms with van der Waals surface area (Å²) in [6.07, 6.45) is 1.51. The maximum Gasteiger partial charge on any atom is 0.248 e. The van der Waals surface area contributed by atoms with Gasteiger partial charge < -0.3 is 15.0 Å². The second kappa shape index (κ2) is 10.3. The zero-order chi connectivity index (χ0) is 19.8. The van der Waals surface area contributed by atoms with Crippen LogP contribution in [0.4, 0.5) is 4.39 Å². The fraction of sp³-hybridized carbons (Fsp3) is 0.450. The number of hydrogen-bond donors (Lipinski definition) is 1. The lowest BCUT2D eigenvalue weighted by Crippen LogP contribution is -2.46. The van der Waals surface area contributed by atoms with Crippen molar-refractivity contribution in [2.75, 3.05) is 33.0 Å². The number of likely N-dealkylation sites (tertiary alicyclic amines) is 1. The van der Waals surface area contributed by atoms with Crippen molar-refractivity contribution in [3.05, 3.63) is 40.7 Å². The summed E-state index contributed by atoms with van der Waals surface area (Å²) in [5.74, 6) is -0.510. The van der Waals surface area contributed by atoms with E-state index in [1.807, 2.05) is 35.7 Å². The average molecular weight is 405 g/mol. The molecule has 1 fully saturated rings. The Labute approximate surface area is 167 Å². The van der Waals surface area contributed by atoms with Crippen LogP contribution in [-0.4, -0.2) is 54.7 Å². The zero-order valence-corrected chi connectivity index (χ0v) is 16.4. The SMILES string of the molecule is O=C(NCc1nc(-c2ccccc2)cs1)[C@H]1CCCN(C(=O)COCCF)C1. The summed E-state index contributed by atoms with van der Waals surface area (Å²) in [6.45, 7) is 0.522. The third-order valence-corrected chi connectivity index (χ3v) is 5.48. The molecule has 8 heteroatoms. The molecule has 0 saturated carbocycles. The molecule has 150 valence electrons. The maximum atomic E-state index is 12.5. The molecule has 1 aromatic carbocycles. The molecule has 28 heavy (non-hydrogen) atoms. The number of alkyl halides is 1. The number of aromatic nitrogens is 1. The van der Waals surface area contributed by atoms with Crippen molar-refractivity contribution in [3.8, 4) is 11.3 Å². The number of carbonyl (C=O) groups is 2. The number of nitrogens with one attached hydrogen (secondary N) is 1. The van der Waals surface area contributed by atoms with E-state index in [1.54, 1.807) is 4.90 Å². The monoisotopic (exact) mass is 405 g/mol. The van der Waals surface area contributed by atoms with Gasteiger partial charge in [-0.2, -0.15) is 0 Å². The molecule has 1 saturated heterocycles. The molecule has 0 radical (unpaired) electrons. The van der Waals surface area contributed by atoms with E-state index in [0.29, 0.717) is 19.6 Å². The summed E-state index contributed by atoms with van der Waals surface area (Å²) in [5, 5.41) is 5.76. The van der Waals surface area contributed by atoms with Crippen LogP contribution in [0.15, 0.2) is 35.7 Å². The van der Waals surface area contributed by atoms with E-state index in [0.717, 1.165) is 29.1 Å². The molecule has 1 aliphatic rings. The minimum absolute atomic E-state index is 0.0707. The van der Waals surface area contributed by atoms with Crippen LogP contribution in [0.1, 0.15) is 17.8 Å². The second-order valence-corrected chi connectivity index (χ2v) is 7.57. The number of halogens is 1. The third kappa shape index (κ3) is 5.59. The molecule has 1 aromatic heterocycles. The fourth-order valence-electron chi connectivity index (χ4n) is 3.16. The first kappa shape index (κ1) is 20.4. The minimum atomic E-state index is -0.610. The van der Waals surface area contributed by atoms with E-state index in [-0.39, 0.29) is 30.9 Å². The lowest BCUT2D eigenvalue weighted by Gasteiger charge is -2.32. The van der Waals surface area contributed by atoms with Crippen LogP contribution in [0, 0.1) is 5.92 Å². The highest BCUT2D eigenvalue weighted by Crippen LogP contribution is 2.22. The van der Waals surface area contributed by atoms with Gasteiger partial charge in [0.05, 0.1) is 24.8 Å². The predicted molar refractivity (Wildman–Crippen MR) is 105 cm³/mol. The van der Waals surface area contributed by atoms with E-state index in [2.05, 4.69) is 10.3 Å². The summed E-state index contributed by atoms with van der Waals surface area (Å²) in [5.41, 5.74) is 1.95. The largest absolute Gasteiger partial charge is 0.369 e. The maximum absolute atomic E-state index is 12.5. The quantitative estimate of drug-likeness (QED) is 0.686. The second-order valence-electron chi connectivity index (χ2n) is 6.63. The van der Waals surface area contributed by atoms with Crippen LogP contribution in [0.3, 0.4) is 0 Å². The first-order chi connectivity index (χ1) is 13.7. The van der Waals surface area contributed by atoms with Crippen molar-refractivity contribution in [2.24, 2.45) is 5.92 Å². The average Bonchev–Trinajstić information content (AvgIpc) is 3.22. The van der Waals surface area contributed by atoms with E-state index in [1.165, 1.54) is 11.3 Å². The number of amides is 2. The highest BCUT2D eigenvalue weighted by molar-refractivity contribution is 7.09. The Balaban J connectivity index is 1.48. The van der Waals surface area contributed by atoms with Crippen molar-refractivity contribution >= 4 is 23.2 Å². The summed E-state index contributed by atoms with van der Waals surface area (Å²) < 4.78 is 17.0. The molecule has 0 aliphatic carbocycles. The number of rotatable bonds is 8. The van der Waals surface area contributed by atoms with Crippen molar-refractivity contribution < 1.29 is 18.7 Å². The van der Waals surface area contributed by atoms with E-state index < -0.39 is 6.67 Å². The van der Waals surface area contributed by atoms with Crippen LogP contribution >= 0.6 is 11.3 Å². The van der Waals surface area contributed by atoms with Crippen molar-refractivity contribution in [2.45, 2.75) is 19.4 Å². The lowest BCUT2D eigenvalue weighted by atomic mass is 9.97. The Kier molecular flexibility index (Phi) is 7.50. The first-order valence-electron chi connectivity index (χ1n) is 9.36. The molecule has 2 heterocycles. The Hall–Kier alpha value is -2.32. The van der Waals surface area contributed by atoms with E-state index in [4.69, 9.17) is 4.74 Å².